The fourth-order valence-electron chi connectivity index (χ4n) is 4.19. The Kier molecular flexibility index (Phi) is 7.79. The molecular formula is C25H33N3O5. The zero-order valence-electron chi connectivity index (χ0n) is 20.1. The number of nitrogens with one attached hydrogen (secondary N) is 1. The molecule has 0 bridgehead atoms. The topological polar surface area (TPSA) is 89.9 Å². The Morgan fingerprint density at radius 3 is 2.39 bits per heavy atom. The molecule has 1 saturated carbocycles. The van der Waals surface area contributed by atoms with Crippen molar-refractivity contribution in [1.82, 2.24) is 9.47 Å². The second kappa shape index (κ2) is 10.6. The predicted octanol–water partition coefficient (Wildman–Crippen LogP) is 4.58. The first-order valence-electron chi connectivity index (χ1n) is 11.5. The molecular weight excluding hydrogens is 422 g/mol. The second-order valence-corrected chi connectivity index (χ2v) is 8.04. The zero-order valence-corrected chi connectivity index (χ0v) is 20.1. The molecule has 1 aliphatic rings. The number of para-hydroxylation sites is 2. The summed E-state index contributed by atoms with van der Waals surface area (Å²) in [5.41, 5.74) is 2.74. The van der Waals surface area contributed by atoms with E-state index < -0.39 is 5.97 Å². The molecule has 8 heteroatoms. The van der Waals surface area contributed by atoms with E-state index >= 15 is 0 Å². The summed E-state index contributed by atoms with van der Waals surface area (Å²) in [6.45, 7) is 10.3. The molecule has 0 aliphatic heterocycles. The fourth-order valence-corrected chi connectivity index (χ4v) is 4.19. The lowest BCUT2D eigenvalue weighted by molar-refractivity contribution is 0.0512. The van der Waals surface area contributed by atoms with Gasteiger partial charge in [-0.1, -0.05) is 12.1 Å². The van der Waals surface area contributed by atoms with Gasteiger partial charge in [0.05, 0.1) is 25.4 Å². The summed E-state index contributed by atoms with van der Waals surface area (Å²) in [6, 6.07) is 6.91. The van der Waals surface area contributed by atoms with Crippen LogP contribution in [0.4, 0.5) is 10.5 Å². The van der Waals surface area contributed by atoms with Gasteiger partial charge in [0.15, 0.2) is 5.78 Å². The summed E-state index contributed by atoms with van der Waals surface area (Å²) in [5.74, 6) is -0.0487. The van der Waals surface area contributed by atoms with Crippen LogP contribution >= 0.6 is 0 Å². The van der Waals surface area contributed by atoms with Crippen molar-refractivity contribution >= 4 is 23.5 Å². The van der Waals surface area contributed by atoms with E-state index in [1.54, 1.807) is 35.4 Å². The third kappa shape index (κ3) is 5.21. The molecule has 1 aliphatic carbocycles. The number of aromatic nitrogens is 1. The van der Waals surface area contributed by atoms with Crippen molar-refractivity contribution in [2.75, 3.05) is 25.1 Å². The summed E-state index contributed by atoms with van der Waals surface area (Å²) in [7, 11) is 0. The van der Waals surface area contributed by atoms with Crippen molar-refractivity contribution < 1.29 is 23.9 Å². The van der Waals surface area contributed by atoms with Gasteiger partial charge in [0.1, 0.15) is 11.4 Å². The number of ketones is 1. The Morgan fingerprint density at radius 1 is 1.09 bits per heavy atom. The number of hydrogen-bond donors (Lipinski definition) is 1. The molecule has 1 aromatic carbocycles. The molecule has 0 spiro atoms. The minimum Gasteiger partial charge on any atom is -0.492 e. The van der Waals surface area contributed by atoms with Crippen molar-refractivity contribution in [3.63, 3.8) is 0 Å². The summed E-state index contributed by atoms with van der Waals surface area (Å²) >= 11 is 0. The van der Waals surface area contributed by atoms with Gasteiger partial charge in [-0.05, 0) is 65.2 Å². The number of urea groups is 1. The van der Waals surface area contributed by atoms with Crippen molar-refractivity contribution in [2.45, 2.75) is 60.0 Å². The minimum atomic E-state index is -0.441. The van der Waals surface area contributed by atoms with Crippen molar-refractivity contribution in [1.29, 1.82) is 0 Å². The molecule has 178 valence electrons. The molecule has 1 fully saturated rings. The molecule has 2 aromatic rings. The first kappa shape index (κ1) is 24.4. The number of amides is 2. The fraction of sp³-hybridized carbons (Fsp3) is 0.480. The highest BCUT2D eigenvalue weighted by Gasteiger charge is 2.36. The Morgan fingerprint density at radius 2 is 1.79 bits per heavy atom. The van der Waals surface area contributed by atoms with E-state index in [-0.39, 0.29) is 31.0 Å². The van der Waals surface area contributed by atoms with Crippen LogP contribution in [0.2, 0.25) is 0 Å². The highest BCUT2D eigenvalue weighted by atomic mass is 16.5. The largest absolute Gasteiger partial charge is 0.492 e. The first-order valence-corrected chi connectivity index (χ1v) is 11.5. The molecule has 1 heterocycles. The van der Waals surface area contributed by atoms with E-state index in [0.717, 1.165) is 12.8 Å². The number of Topliss-reactive ketones (excluding diaryl/α,β-unsaturated/α-hetero) is 1. The van der Waals surface area contributed by atoms with Crippen LogP contribution in [0, 0.1) is 13.8 Å². The quantitative estimate of drug-likeness (QED) is 0.418. The van der Waals surface area contributed by atoms with Gasteiger partial charge >= 0.3 is 12.0 Å². The summed E-state index contributed by atoms with van der Waals surface area (Å²) in [4.78, 5) is 40.7. The molecule has 1 N–H and O–H groups in total. The minimum absolute atomic E-state index is 0.0200. The highest BCUT2D eigenvalue weighted by Crippen LogP contribution is 2.31. The van der Waals surface area contributed by atoms with Crippen molar-refractivity contribution in [2.24, 2.45) is 0 Å². The van der Waals surface area contributed by atoms with E-state index in [9.17, 15) is 14.4 Å². The first-order chi connectivity index (χ1) is 15.8. The van der Waals surface area contributed by atoms with E-state index in [0.29, 0.717) is 47.1 Å². The van der Waals surface area contributed by atoms with Gasteiger partial charge in [0.2, 0.25) is 0 Å². The SMILES string of the molecule is CCOC(=O)c1c(C)c(C(=O)CN(C(=O)Nc2ccccc2OCC)C2CC2)c(C)n1CC. The van der Waals surface area contributed by atoms with Crippen LogP contribution in [0.3, 0.4) is 0 Å². The maximum Gasteiger partial charge on any atom is 0.355 e. The summed E-state index contributed by atoms with van der Waals surface area (Å²) in [5, 5.41) is 2.90. The monoisotopic (exact) mass is 455 g/mol. The number of benzene rings is 1. The standard InChI is InChI=1S/C25H33N3O5/c1-6-27-17(5)22(16(4)23(27)24(30)33-8-3)20(29)15-28(18-13-14-18)25(31)26-19-11-9-10-12-21(19)32-7-2/h9-12,18H,6-8,13-15H2,1-5H3,(H,26,31). The van der Waals surface area contributed by atoms with Gasteiger partial charge < -0.3 is 24.3 Å². The van der Waals surface area contributed by atoms with Crippen LogP contribution in [0.5, 0.6) is 5.75 Å². The number of carbonyl (C=O) groups is 3. The smallest absolute Gasteiger partial charge is 0.355 e. The molecule has 33 heavy (non-hydrogen) atoms. The number of esters is 1. The van der Waals surface area contributed by atoms with Crippen LogP contribution in [0.1, 0.15) is 65.7 Å². The van der Waals surface area contributed by atoms with Gasteiger partial charge in [0, 0.05) is 23.8 Å². The van der Waals surface area contributed by atoms with E-state index in [1.165, 1.54) is 0 Å². The number of anilines is 1. The predicted molar refractivity (Wildman–Crippen MR) is 126 cm³/mol. The number of carbonyl (C=O) groups excluding carboxylic acids is 3. The van der Waals surface area contributed by atoms with E-state index in [2.05, 4.69) is 5.32 Å². The van der Waals surface area contributed by atoms with Gasteiger partial charge in [-0.3, -0.25) is 4.79 Å². The highest BCUT2D eigenvalue weighted by molar-refractivity contribution is 6.05. The zero-order chi connectivity index (χ0) is 24.1. The number of rotatable bonds is 10. The Bertz CT molecular complexity index is 1040. The molecule has 8 nitrogen and oxygen atoms in total. The maximum absolute atomic E-state index is 13.4. The van der Waals surface area contributed by atoms with Crippen LogP contribution < -0.4 is 10.1 Å². The third-order valence-corrected chi connectivity index (χ3v) is 5.82. The lowest BCUT2D eigenvalue weighted by Gasteiger charge is -2.23. The Balaban J connectivity index is 1.85. The molecule has 0 radical (unpaired) electrons. The number of hydrogen-bond acceptors (Lipinski definition) is 5. The molecule has 3 rings (SSSR count). The summed E-state index contributed by atoms with van der Waals surface area (Å²) < 4.78 is 12.6. The van der Waals surface area contributed by atoms with Crippen LogP contribution in [0.25, 0.3) is 0 Å². The Labute approximate surface area is 194 Å². The second-order valence-electron chi connectivity index (χ2n) is 8.04. The molecule has 2 amide bonds. The average Bonchev–Trinajstić information content (AvgIpc) is 3.58. The maximum atomic E-state index is 13.4. The van der Waals surface area contributed by atoms with Gasteiger partial charge in [0.25, 0.3) is 0 Å². The molecule has 0 saturated heterocycles. The number of nitrogens with zero attached hydrogens (tertiary/aromatic N) is 2. The number of ether oxygens (including phenoxy) is 2. The third-order valence-electron chi connectivity index (χ3n) is 5.82. The van der Waals surface area contributed by atoms with Crippen LogP contribution in [0.15, 0.2) is 24.3 Å². The average molecular weight is 456 g/mol. The Hall–Kier alpha value is -3.29. The molecule has 0 atom stereocenters. The van der Waals surface area contributed by atoms with Crippen molar-refractivity contribution in [3.8, 4) is 5.75 Å². The molecule has 0 unspecified atom stereocenters. The van der Waals surface area contributed by atoms with Gasteiger partial charge in [-0.25, -0.2) is 9.59 Å². The van der Waals surface area contributed by atoms with E-state index in [1.807, 2.05) is 32.9 Å². The van der Waals surface area contributed by atoms with Gasteiger partial charge in [-0.15, -0.1) is 0 Å². The lowest BCUT2D eigenvalue weighted by atomic mass is 10.1. The van der Waals surface area contributed by atoms with Crippen LogP contribution in [-0.4, -0.2) is 53.1 Å². The van der Waals surface area contributed by atoms with Crippen molar-refractivity contribution in [3.05, 3.63) is 46.8 Å². The van der Waals surface area contributed by atoms with Crippen LogP contribution in [-0.2, 0) is 11.3 Å². The summed E-state index contributed by atoms with van der Waals surface area (Å²) in [6.07, 6.45) is 1.71. The van der Waals surface area contributed by atoms with Gasteiger partial charge in [-0.2, -0.15) is 0 Å². The van der Waals surface area contributed by atoms with E-state index in [4.69, 9.17) is 9.47 Å². The lowest BCUT2D eigenvalue weighted by Crippen LogP contribution is -2.40. The molecule has 1 aromatic heterocycles. The normalized spacial score (nSPS) is 12.9.